The maximum atomic E-state index is 5.91. The summed E-state index contributed by atoms with van der Waals surface area (Å²) in [5.74, 6) is 0.657. The molecule has 0 aliphatic rings. The summed E-state index contributed by atoms with van der Waals surface area (Å²) in [5, 5.41) is 0.534. The van der Waals surface area contributed by atoms with E-state index < -0.39 is 0 Å². The second-order valence-corrected chi connectivity index (χ2v) is 3.29. The Balaban J connectivity index is 2.98. The van der Waals surface area contributed by atoms with Crippen LogP contribution in [-0.2, 0) is 0 Å². The predicted molar refractivity (Wildman–Crippen MR) is 58.5 cm³/mol. The lowest BCUT2D eigenvalue weighted by Crippen LogP contribution is -2.09. The fourth-order valence-electron chi connectivity index (χ4n) is 0.927. The molecule has 4 heteroatoms. The lowest BCUT2D eigenvalue weighted by molar-refractivity contribution is 0.340. The summed E-state index contributed by atoms with van der Waals surface area (Å²) in [6, 6.07) is 5.26. The highest BCUT2D eigenvalue weighted by atomic mass is 35.5. The van der Waals surface area contributed by atoms with E-state index in [1.54, 1.807) is 18.2 Å². The van der Waals surface area contributed by atoms with Crippen molar-refractivity contribution in [2.24, 2.45) is 5.73 Å². The SMILES string of the molecule is CCOc1ccc(C(N)=S)cc1Cl. The summed E-state index contributed by atoms with van der Waals surface area (Å²) in [4.78, 5) is 0.338. The average molecular weight is 216 g/mol. The second kappa shape index (κ2) is 4.44. The largest absolute Gasteiger partial charge is 0.492 e. The molecule has 13 heavy (non-hydrogen) atoms. The molecule has 0 bridgehead atoms. The lowest BCUT2D eigenvalue weighted by Gasteiger charge is -2.06. The first-order valence-corrected chi connectivity index (χ1v) is 4.66. The molecule has 0 unspecified atom stereocenters. The molecule has 70 valence electrons. The maximum Gasteiger partial charge on any atom is 0.137 e. The normalized spacial score (nSPS) is 9.69. The summed E-state index contributed by atoms with van der Waals surface area (Å²) in [5.41, 5.74) is 6.19. The minimum atomic E-state index is 0.338. The first kappa shape index (κ1) is 10.3. The Morgan fingerprint density at radius 3 is 2.77 bits per heavy atom. The maximum absolute atomic E-state index is 5.91. The number of rotatable bonds is 3. The highest BCUT2D eigenvalue weighted by Gasteiger charge is 2.03. The Kier molecular flexibility index (Phi) is 3.51. The van der Waals surface area contributed by atoms with E-state index in [1.807, 2.05) is 6.92 Å². The summed E-state index contributed by atoms with van der Waals surface area (Å²) >= 11 is 10.7. The van der Waals surface area contributed by atoms with Gasteiger partial charge in [-0.25, -0.2) is 0 Å². The molecule has 0 saturated heterocycles. The molecule has 0 saturated carbocycles. The molecule has 0 amide bonds. The van der Waals surface area contributed by atoms with Gasteiger partial charge in [-0.05, 0) is 25.1 Å². The number of thiocarbonyl (C=S) groups is 1. The Hall–Kier alpha value is -0.800. The number of hydrogen-bond donors (Lipinski definition) is 1. The summed E-state index contributed by atoms with van der Waals surface area (Å²) in [6.45, 7) is 2.49. The topological polar surface area (TPSA) is 35.2 Å². The van der Waals surface area contributed by atoms with E-state index in [1.165, 1.54) is 0 Å². The summed E-state index contributed by atoms with van der Waals surface area (Å²) in [6.07, 6.45) is 0. The van der Waals surface area contributed by atoms with Crippen LogP contribution in [0.1, 0.15) is 12.5 Å². The Morgan fingerprint density at radius 2 is 2.31 bits per heavy atom. The first-order chi connectivity index (χ1) is 6.15. The van der Waals surface area contributed by atoms with Gasteiger partial charge in [-0.2, -0.15) is 0 Å². The highest BCUT2D eigenvalue weighted by molar-refractivity contribution is 7.80. The van der Waals surface area contributed by atoms with Crippen LogP contribution >= 0.6 is 23.8 Å². The molecule has 0 radical (unpaired) electrons. The van der Waals surface area contributed by atoms with Crippen LogP contribution in [0.5, 0.6) is 5.75 Å². The van der Waals surface area contributed by atoms with Crippen molar-refractivity contribution in [1.82, 2.24) is 0 Å². The van der Waals surface area contributed by atoms with Gasteiger partial charge in [0.2, 0.25) is 0 Å². The molecule has 0 spiro atoms. The van der Waals surface area contributed by atoms with Crippen molar-refractivity contribution < 1.29 is 4.74 Å². The Labute approximate surface area is 87.6 Å². The van der Waals surface area contributed by atoms with Crippen molar-refractivity contribution in [2.45, 2.75) is 6.92 Å². The third-order valence-corrected chi connectivity index (χ3v) is 2.05. The number of ether oxygens (including phenoxy) is 1. The lowest BCUT2D eigenvalue weighted by atomic mass is 10.2. The summed E-state index contributed by atoms with van der Waals surface area (Å²) in [7, 11) is 0. The van der Waals surface area contributed by atoms with Gasteiger partial charge in [0.25, 0.3) is 0 Å². The Bertz CT molecular complexity index is 327. The van der Waals surface area contributed by atoms with E-state index >= 15 is 0 Å². The van der Waals surface area contributed by atoms with Crippen molar-refractivity contribution in [3.05, 3.63) is 28.8 Å². The van der Waals surface area contributed by atoms with Crippen molar-refractivity contribution in [3.63, 3.8) is 0 Å². The summed E-state index contributed by atoms with van der Waals surface area (Å²) < 4.78 is 5.26. The standard InChI is InChI=1S/C9H10ClNOS/c1-2-12-8-4-3-6(9(11)13)5-7(8)10/h3-5H,2H2,1H3,(H2,11,13). The highest BCUT2D eigenvalue weighted by Crippen LogP contribution is 2.25. The zero-order valence-corrected chi connectivity index (χ0v) is 8.78. The van der Waals surface area contributed by atoms with E-state index in [0.717, 1.165) is 5.56 Å². The minimum absolute atomic E-state index is 0.338. The monoisotopic (exact) mass is 215 g/mol. The predicted octanol–water partition coefficient (Wildman–Crippen LogP) is 2.37. The average Bonchev–Trinajstić information content (AvgIpc) is 2.08. The zero-order valence-electron chi connectivity index (χ0n) is 7.21. The van der Waals surface area contributed by atoms with Gasteiger partial charge in [-0.1, -0.05) is 23.8 Å². The quantitative estimate of drug-likeness (QED) is 0.787. The van der Waals surface area contributed by atoms with Crippen LogP contribution in [0.4, 0.5) is 0 Å². The van der Waals surface area contributed by atoms with Crippen molar-refractivity contribution in [2.75, 3.05) is 6.61 Å². The molecule has 0 aliphatic carbocycles. The van der Waals surface area contributed by atoms with Gasteiger partial charge in [-0.15, -0.1) is 0 Å². The van der Waals surface area contributed by atoms with Crippen LogP contribution in [-0.4, -0.2) is 11.6 Å². The smallest absolute Gasteiger partial charge is 0.137 e. The van der Waals surface area contributed by atoms with E-state index in [0.29, 0.717) is 22.4 Å². The molecule has 2 nitrogen and oxygen atoms in total. The Morgan fingerprint density at radius 1 is 1.62 bits per heavy atom. The fourth-order valence-corrected chi connectivity index (χ4v) is 1.29. The van der Waals surface area contributed by atoms with E-state index in [2.05, 4.69) is 0 Å². The third-order valence-electron chi connectivity index (χ3n) is 1.52. The van der Waals surface area contributed by atoms with Crippen LogP contribution in [0.2, 0.25) is 5.02 Å². The number of hydrogen-bond acceptors (Lipinski definition) is 2. The molecule has 0 aliphatic heterocycles. The number of halogens is 1. The van der Waals surface area contributed by atoms with Crippen LogP contribution in [0.25, 0.3) is 0 Å². The van der Waals surface area contributed by atoms with Crippen molar-refractivity contribution in [3.8, 4) is 5.75 Å². The molecule has 0 heterocycles. The number of nitrogens with two attached hydrogens (primary N) is 1. The number of benzene rings is 1. The van der Waals surface area contributed by atoms with E-state index in [9.17, 15) is 0 Å². The van der Waals surface area contributed by atoms with Gasteiger partial charge in [0, 0.05) is 5.56 Å². The van der Waals surface area contributed by atoms with Gasteiger partial charge >= 0.3 is 0 Å². The molecule has 1 aromatic carbocycles. The third kappa shape index (κ3) is 2.57. The minimum Gasteiger partial charge on any atom is -0.492 e. The van der Waals surface area contributed by atoms with Crippen LogP contribution in [0.15, 0.2) is 18.2 Å². The molecule has 1 aromatic rings. The van der Waals surface area contributed by atoms with Gasteiger partial charge in [0.05, 0.1) is 11.6 Å². The van der Waals surface area contributed by atoms with Crippen LogP contribution < -0.4 is 10.5 Å². The van der Waals surface area contributed by atoms with Crippen LogP contribution in [0.3, 0.4) is 0 Å². The van der Waals surface area contributed by atoms with E-state index in [4.69, 9.17) is 34.3 Å². The van der Waals surface area contributed by atoms with Gasteiger partial charge < -0.3 is 10.5 Å². The van der Waals surface area contributed by atoms with Gasteiger partial charge in [0.1, 0.15) is 10.7 Å². The molecular weight excluding hydrogens is 206 g/mol. The molecule has 0 fully saturated rings. The molecule has 2 N–H and O–H groups in total. The zero-order chi connectivity index (χ0) is 9.84. The first-order valence-electron chi connectivity index (χ1n) is 3.87. The van der Waals surface area contributed by atoms with Crippen molar-refractivity contribution in [1.29, 1.82) is 0 Å². The van der Waals surface area contributed by atoms with Crippen molar-refractivity contribution >= 4 is 28.8 Å². The molecule has 0 atom stereocenters. The van der Waals surface area contributed by atoms with Gasteiger partial charge in [0.15, 0.2) is 0 Å². The molecule has 1 rings (SSSR count). The molecule has 0 aromatic heterocycles. The van der Waals surface area contributed by atoms with E-state index in [-0.39, 0.29) is 0 Å². The second-order valence-electron chi connectivity index (χ2n) is 2.44. The molecular formula is C9H10ClNOS. The fraction of sp³-hybridized carbons (Fsp3) is 0.222. The van der Waals surface area contributed by atoms with Crippen LogP contribution in [0, 0.1) is 0 Å². The van der Waals surface area contributed by atoms with Gasteiger partial charge in [-0.3, -0.25) is 0 Å².